The van der Waals surface area contributed by atoms with Crippen LogP contribution in [0.4, 0.5) is 5.95 Å². The molecule has 0 aliphatic heterocycles. The molecule has 0 saturated carbocycles. The quantitative estimate of drug-likeness (QED) is 0.768. The van der Waals surface area contributed by atoms with Gasteiger partial charge < -0.3 is 5.32 Å². The number of aromatic nitrogens is 2. The molecule has 0 spiro atoms. The Balaban J connectivity index is 2.93. The molecule has 1 rings (SSSR count). The fourth-order valence-corrected chi connectivity index (χ4v) is 1.22. The Morgan fingerprint density at radius 3 is 2.53 bits per heavy atom. The van der Waals surface area contributed by atoms with Crippen LogP contribution in [0.3, 0.4) is 0 Å². The highest BCUT2D eigenvalue weighted by Gasteiger charge is 2.06. The van der Waals surface area contributed by atoms with Crippen LogP contribution in [0.1, 0.15) is 38.1 Å². The second-order valence-electron chi connectivity index (χ2n) is 4.08. The maximum absolute atomic E-state index is 4.45. The van der Waals surface area contributed by atoms with Gasteiger partial charge in [0.2, 0.25) is 5.95 Å². The average molecular weight is 205 g/mol. The average Bonchev–Trinajstić information content (AvgIpc) is 2.16. The van der Waals surface area contributed by atoms with Gasteiger partial charge in [-0.05, 0) is 25.8 Å². The molecule has 0 aliphatic rings. The fourth-order valence-electron chi connectivity index (χ4n) is 1.22. The van der Waals surface area contributed by atoms with Crippen LogP contribution in [-0.4, -0.2) is 16.0 Å². The number of nitrogens with one attached hydrogen (secondary N) is 1. The lowest BCUT2D eigenvalue weighted by Gasteiger charge is -2.12. The smallest absolute Gasteiger partial charge is 0.223 e. The number of aryl methyl sites for hydroxylation is 1. The molecule has 1 aromatic heterocycles. The maximum Gasteiger partial charge on any atom is 0.223 e. The molecule has 1 heterocycles. The normalized spacial score (nSPS) is 12.6. The first-order valence-corrected chi connectivity index (χ1v) is 5.27. The van der Waals surface area contributed by atoms with Gasteiger partial charge in [-0.25, -0.2) is 9.97 Å². The van der Waals surface area contributed by atoms with Gasteiger partial charge in [-0.1, -0.05) is 19.9 Å². The molecule has 1 N–H and O–H groups in total. The van der Waals surface area contributed by atoms with E-state index in [2.05, 4.69) is 35.7 Å². The van der Waals surface area contributed by atoms with Crippen molar-refractivity contribution in [3.05, 3.63) is 30.1 Å². The van der Waals surface area contributed by atoms with Crippen LogP contribution in [0, 0.1) is 6.92 Å². The lowest BCUT2D eigenvalue weighted by Crippen LogP contribution is -2.15. The molecule has 0 bridgehead atoms. The Labute approximate surface area is 91.7 Å². The first-order chi connectivity index (χ1) is 7.02. The summed E-state index contributed by atoms with van der Waals surface area (Å²) in [5, 5.41) is 3.19. The zero-order valence-electron chi connectivity index (χ0n) is 9.91. The van der Waals surface area contributed by atoms with Crippen molar-refractivity contribution in [2.75, 3.05) is 5.32 Å². The highest BCUT2D eigenvalue weighted by Crippen LogP contribution is 2.14. The largest absolute Gasteiger partial charge is 0.348 e. The summed E-state index contributed by atoms with van der Waals surface area (Å²) in [4.78, 5) is 8.79. The van der Waals surface area contributed by atoms with Gasteiger partial charge in [0.05, 0.1) is 0 Å². The first kappa shape index (κ1) is 11.7. The molecule has 3 heteroatoms. The summed E-state index contributed by atoms with van der Waals surface area (Å²) in [7, 11) is 0. The Hall–Kier alpha value is -1.38. The molecule has 0 fully saturated rings. The molecule has 0 aliphatic carbocycles. The second kappa shape index (κ2) is 4.91. The molecule has 1 atom stereocenters. The van der Waals surface area contributed by atoms with E-state index in [-0.39, 0.29) is 6.04 Å². The number of hydrogen-bond acceptors (Lipinski definition) is 3. The van der Waals surface area contributed by atoms with Gasteiger partial charge in [0, 0.05) is 17.4 Å². The molecule has 0 amide bonds. The molecule has 0 saturated heterocycles. The predicted octanol–water partition coefficient (Wildman–Crippen LogP) is 2.89. The number of hydrogen-bond donors (Lipinski definition) is 1. The maximum atomic E-state index is 4.45. The number of nitrogens with zero attached hydrogens (tertiary/aromatic N) is 2. The Bertz CT molecular complexity index is 345. The van der Waals surface area contributed by atoms with Crippen LogP contribution in [0.15, 0.2) is 18.7 Å². The van der Waals surface area contributed by atoms with Gasteiger partial charge in [0.25, 0.3) is 0 Å². The highest BCUT2D eigenvalue weighted by molar-refractivity contribution is 5.31. The zero-order valence-corrected chi connectivity index (χ0v) is 9.91. The van der Waals surface area contributed by atoms with E-state index in [9.17, 15) is 0 Å². The van der Waals surface area contributed by atoms with Crippen molar-refractivity contribution < 1.29 is 0 Å². The highest BCUT2D eigenvalue weighted by atomic mass is 15.1. The van der Waals surface area contributed by atoms with E-state index in [1.807, 2.05) is 26.0 Å². The molecule has 3 nitrogen and oxygen atoms in total. The van der Waals surface area contributed by atoms with Crippen LogP contribution < -0.4 is 5.32 Å². The van der Waals surface area contributed by atoms with Crippen LogP contribution >= 0.6 is 0 Å². The lowest BCUT2D eigenvalue weighted by atomic mass is 10.1. The van der Waals surface area contributed by atoms with Crippen molar-refractivity contribution in [1.82, 2.24) is 9.97 Å². The third-order valence-corrected chi connectivity index (χ3v) is 2.18. The number of rotatable bonds is 4. The Kier molecular flexibility index (Phi) is 3.83. The molecule has 1 unspecified atom stereocenters. The molecular weight excluding hydrogens is 186 g/mol. The topological polar surface area (TPSA) is 37.8 Å². The van der Waals surface area contributed by atoms with Crippen LogP contribution in [-0.2, 0) is 0 Å². The summed E-state index contributed by atoms with van der Waals surface area (Å²) in [6.07, 6.45) is 1.83. The van der Waals surface area contributed by atoms with Crippen LogP contribution in [0.25, 0.3) is 0 Å². The molecule has 82 valence electrons. The molecular formula is C12H19N3. The van der Waals surface area contributed by atoms with Crippen molar-refractivity contribution in [1.29, 1.82) is 0 Å². The van der Waals surface area contributed by atoms with Gasteiger partial charge in [0.15, 0.2) is 0 Å². The van der Waals surface area contributed by atoms with Crippen molar-refractivity contribution in [3.8, 4) is 0 Å². The summed E-state index contributed by atoms with van der Waals surface area (Å²) in [6.45, 7) is 12.0. The number of anilines is 1. The minimum absolute atomic E-state index is 0.187. The van der Waals surface area contributed by atoms with Crippen molar-refractivity contribution in [2.45, 2.75) is 39.7 Å². The Morgan fingerprint density at radius 2 is 2.00 bits per heavy atom. The summed E-state index contributed by atoms with van der Waals surface area (Å²) in [6, 6.07) is 2.21. The van der Waals surface area contributed by atoms with Crippen LogP contribution in [0.5, 0.6) is 0 Å². The van der Waals surface area contributed by atoms with Gasteiger partial charge in [-0.2, -0.15) is 0 Å². The van der Waals surface area contributed by atoms with Crippen molar-refractivity contribution >= 4 is 5.95 Å². The standard InChI is InChI=1S/C12H19N3/c1-6-9(4)13-12-14-10(5)7-11(15-12)8(2)3/h6-9H,1H2,2-5H3,(H,13,14,15). The fraction of sp³-hybridized carbons (Fsp3) is 0.500. The van der Waals surface area contributed by atoms with Gasteiger partial charge in [-0.3, -0.25) is 0 Å². The monoisotopic (exact) mass is 205 g/mol. The van der Waals surface area contributed by atoms with E-state index in [0.29, 0.717) is 11.9 Å². The van der Waals surface area contributed by atoms with Crippen molar-refractivity contribution in [3.63, 3.8) is 0 Å². The molecule has 1 aromatic rings. The second-order valence-corrected chi connectivity index (χ2v) is 4.08. The minimum atomic E-state index is 0.187. The summed E-state index contributed by atoms with van der Waals surface area (Å²) in [5.41, 5.74) is 2.06. The van der Waals surface area contributed by atoms with Gasteiger partial charge in [0.1, 0.15) is 0 Å². The van der Waals surface area contributed by atoms with Gasteiger partial charge >= 0.3 is 0 Å². The van der Waals surface area contributed by atoms with E-state index in [0.717, 1.165) is 11.4 Å². The van der Waals surface area contributed by atoms with Crippen molar-refractivity contribution in [2.24, 2.45) is 0 Å². The van der Waals surface area contributed by atoms with E-state index in [1.54, 1.807) is 0 Å². The third-order valence-electron chi connectivity index (χ3n) is 2.18. The molecule has 0 aromatic carbocycles. The summed E-state index contributed by atoms with van der Waals surface area (Å²) >= 11 is 0. The van der Waals surface area contributed by atoms with E-state index < -0.39 is 0 Å². The van der Waals surface area contributed by atoms with E-state index >= 15 is 0 Å². The minimum Gasteiger partial charge on any atom is -0.348 e. The van der Waals surface area contributed by atoms with E-state index in [1.165, 1.54) is 0 Å². The Morgan fingerprint density at radius 1 is 1.33 bits per heavy atom. The third kappa shape index (κ3) is 3.35. The zero-order chi connectivity index (χ0) is 11.4. The lowest BCUT2D eigenvalue weighted by molar-refractivity contribution is 0.804. The van der Waals surface area contributed by atoms with Crippen LogP contribution in [0.2, 0.25) is 0 Å². The SMILES string of the molecule is C=CC(C)Nc1nc(C)cc(C(C)C)n1. The summed E-state index contributed by atoms with van der Waals surface area (Å²) in [5.74, 6) is 1.11. The van der Waals surface area contributed by atoms with Gasteiger partial charge in [-0.15, -0.1) is 6.58 Å². The first-order valence-electron chi connectivity index (χ1n) is 5.27. The molecule has 15 heavy (non-hydrogen) atoms. The predicted molar refractivity (Wildman–Crippen MR) is 64.1 cm³/mol. The molecule has 0 radical (unpaired) electrons. The summed E-state index contributed by atoms with van der Waals surface area (Å²) < 4.78 is 0. The van der Waals surface area contributed by atoms with E-state index in [4.69, 9.17) is 0 Å².